The van der Waals surface area contributed by atoms with Crippen LogP contribution in [-0.4, -0.2) is 35.3 Å². The van der Waals surface area contributed by atoms with Crippen LogP contribution in [0.4, 0.5) is 0 Å². The highest BCUT2D eigenvalue weighted by Gasteiger charge is 2.22. The molecule has 2 rings (SSSR count). The smallest absolute Gasteiger partial charge is 0.330 e. The molecule has 0 bridgehead atoms. The maximum Gasteiger partial charge on any atom is 0.330 e. The van der Waals surface area contributed by atoms with Crippen molar-refractivity contribution >= 4 is 23.7 Å². The van der Waals surface area contributed by atoms with Gasteiger partial charge in [-0.2, -0.15) is 5.01 Å². The van der Waals surface area contributed by atoms with E-state index in [2.05, 4.69) is 5.43 Å². The van der Waals surface area contributed by atoms with Crippen molar-refractivity contribution in [3.05, 3.63) is 83.9 Å². The highest BCUT2D eigenvalue weighted by Crippen LogP contribution is 2.04. The van der Waals surface area contributed by atoms with Crippen LogP contribution in [-0.2, 0) is 36.8 Å². The maximum atomic E-state index is 12.7. The third-order valence-corrected chi connectivity index (χ3v) is 3.76. The third-order valence-electron chi connectivity index (χ3n) is 3.76. The van der Waals surface area contributed by atoms with Crippen molar-refractivity contribution in [3.8, 4) is 0 Å². The van der Waals surface area contributed by atoms with Gasteiger partial charge in [-0.3, -0.25) is 19.8 Å². The number of carbonyl (C=O) groups is 4. The maximum absolute atomic E-state index is 12.7. The summed E-state index contributed by atoms with van der Waals surface area (Å²) in [4.78, 5) is 48.9. The van der Waals surface area contributed by atoms with Crippen molar-refractivity contribution in [2.45, 2.75) is 19.8 Å². The molecule has 0 fully saturated rings. The second-order valence-electron chi connectivity index (χ2n) is 6.01. The van der Waals surface area contributed by atoms with Crippen molar-refractivity contribution in [1.29, 1.82) is 0 Å². The standard InChI is InChI=1S/C22H22N2O5/c1-2-29-22(28)14-13-20(26)24(21(27)16-18-11-7-4-8-12-18)23-19(25)15-17-9-5-3-6-10-17/h3-14H,2,15-16H2,1H3,(H,23,25)/b14-13+. The fourth-order valence-electron chi connectivity index (χ4n) is 2.44. The van der Waals surface area contributed by atoms with Gasteiger partial charge in [0.05, 0.1) is 19.4 Å². The molecule has 2 aromatic rings. The van der Waals surface area contributed by atoms with E-state index in [4.69, 9.17) is 4.74 Å². The predicted octanol–water partition coefficient (Wildman–Crippen LogP) is 1.98. The number of benzene rings is 2. The molecule has 0 radical (unpaired) electrons. The normalized spacial score (nSPS) is 10.4. The second-order valence-corrected chi connectivity index (χ2v) is 6.01. The lowest BCUT2D eigenvalue weighted by Gasteiger charge is -2.20. The Morgan fingerprint density at radius 3 is 1.97 bits per heavy atom. The summed E-state index contributed by atoms with van der Waals surface area (Å²) in [6.07, 6.45) is 1.71. The van der Waals surface area contributed by atoms with E-state index in [1.165, 1.54) is 0 Å². The van der Waals surface area contributed by atoms with Crippen molar-refractivity contribution in [2.75, 3.05) is 6.61 Å². The Bertz CT molecular complexity index is 879. The van der Waals surface area contributed by atoms with Gasteiger partial charge in [-0.15, -0.1) is 0 Å². The van der Waals surface area contributed by atoms with E-state index in [9.17, 15) is 19.2 Å². The molecule has 29 heavy (non-hydrogen) atoms. The lowest BCUT2D eigenvalue weighted by Crippen LogP contribution is -2.50. The number of ether oxygens (including phenoxy) is 1. The van der Waals surface area contributed by atoms with Crippen molar-refractivity contribution < 1.29 is 23.9 Å². The monoisotopic (exact) mass is 394 g/mol. The minimum atomic E-state index is -0.847. The van der Waals surface area contributed by atoms with Crippen LogP contribution in [0.1, 0.15) is 18.1 Å². The topological polar surface area (TPSA) is 92.8 Å². The van der Waals surface area contributed by atoms with Gasteiger partial charge in [-0.05, 0) is 18.1 Å². The fourth-order valence-corrected chi connectivity index (χ4v) is 2.44. The molecule has 3 amide bonds. The molecule has 7 heteroatoms. The molecule has 0 atom stereocenters. The van der Waals surface area contributed by atoms with E-state index in [-0.39, 0.29) is 19.4 Å². The number of amides is 3. The van der Waals surface area contributed by atoms with E-state index >= 15 is 0 Å². The number of rotatable bonds is 7. The number of esters is 1. The van der Waals surface area contributed by atoms with Gasteiger partial charge in [0, 0.05) is 12.2 Å². The van der Waals surface area contributed by atoms with Gasteiger partial charge in [0.15, 0.2) is 0 Å². The number of nitrogens with one attached hydrogen (secondary N) is 1. The zero-order chi connectivity index (χ0) is 21.1. The van der Waals surface area contributed by atoms with Crippen molar-refractivity contribution in [1.82, 2.24) is 10.4 Å². The molecule has 0 spiro atoms. The Balaban J connectivity index is 2.12. The lowest BCUT2D eigenvalue weighted by atomic mass is 10.1. The summed E-state index contributed by atoms with van der Waals surface area (Å²) >= 11 is 0. The quantitative estimate of drug-likeness (QED) is 0.440. The first-order valence-corrected chi connectivity index (χ1v) is 9.08. The molecule has 0 saturated heterocycles. The summed E-state index contributed by atoms with van der Waals surface area (Å²) < 4.78 is 4.72. The Morgan fingerprint density at radius 2 is 1.41 bits per heavy atom. The molecule has 7 nitrogen and oxygen atoms in total. The van der Waals surface area contributed by atoms with Crippen LogP contribution in [0.2, 0.25) is 0 Å². The predicted molar refractivity (Wildman–Crippen MR) is 106 cm³/mol. The molecule has 0 saturated carbocycles. The number of hydrogen-bond acceptors (Lipinski definition) is 5. The van der Waals surface area contributed by atoms with Gasteiger partial charge in [0.1, 0.15) is 0 Å². The molecule has 0 aliphatic rings. The van der Waals surface area contributed by atoms with Crippen molar-refractivity contribution in [3.63, 3.8) is 0 Å². The summed E-state index contributed by atoms with van der Waals surface area (Å²) in [5.74, 6) is -2.72. The molecular weight excluding hydrogens is 372 g/mol. The van der Waals surface area contributed by atoms with Gasteiger partial charge in [-0.1, -0.05) is 60.7 Å². The van der Waals surface area contributed by atoms with Gasteiger partial charge in [-0.25, -0.2) is 4.79 Å². The Morgan fingerprint density at radius 1 is 0.862 bits per heavy atom. The van der Waals surface area contributed by atoms with E-state index in [1.54, 1.807) is 61.5 Å². The molecule has 0 unspecified atom stereocenters. The van der Waals surface area contributed by atoms with Crippen LogP contribution >= 0.6 is 0 Å². The SMILES string of the molecule is CCOC(=O)/C=C/C(=O)N(NC(=O)Cc1ccccc1)C(=O)Cc1ccccc1. The van der Waals surface area contributed by atoms with Crippen LogP contribution < -0.4 is 5.43 Å². The highest BCUT2D eigenvalue weighted by molar-refractivity contribution is 6.04. The first-order chi connectivity index (χ1) is 14.0. The molecule has 0 heterocycles. The minimum Gasteiger partial charge on any atom is -0.463 e. The molecule has 1 N–H and O–H groups in total. The third kappa shape index (κ3) is 7.42. The summed E-state index contributed by atoms with van der Waals surface area (Å²) in [5.41, 5.74) is 3.75. The zero-order valence-corrected chi connectivity index (χ0v) is 16.0. The van der Waals surface area contributed by atoms with E-state index in [1.807, 2.05) is 6.07 Å². The summed E-state index contributed by atoms with van der Waals surface area (Å²) in [5, 5.41) is 0.619. The van der Waals surface area contributed by atoms with Crippen molar-refractivity contribution in [2.24, 2.45) is 0 Å². The Hall–Kier alpha value is -3.74. The highest BCUT2D eigenvalue weighted by atomic mass is 16.5. The van der Waals surface area contributed by atoms with Gasteiger partial charge in [0.2, 0.25) is 5.91 Å². The number of hydrazine groups is 1. The number of carbonyl (C=O) groups excluding carboxylic acids is 4. The lowest BCUT2D eigenvalue weighted by molar-refractivity contribution is -0.150. The molecule has 0 aromatic heterocycles. The Labute approximate surface area is 168 Å². The van der Waals surface area contributed by atoms with Crippen LogP contribution in [0.15, 0.2) is 72.8 Å². The van der Waals surface area contributed by atoms with E-state index < -0.39 is 23.7 Å². The van der Waals surface area contributed by atoms with Gasteiger partial charge >= 0.3 is 5.97 Å². The minimum absolute atomic E-state index is 0.00910. The van der Waals surface area contributed by atoms with Crippen LogP contribution in [0.3, 0.4) is 0 Å². The van der Waals surface area contributed by atoms with Gasteiger partial charge in [0.25, 0.3) is 11.8 Å². The molecular formula is C22H22N2O5. The zero-order valence-electron chi connectivity index (χ0n) is 16.0. The second kappa shape index (κ2) is 11.2. The average molecular weight is 394 g/mol. The summed E-state index contributed by atoms with van der Waals surface area (Å²) in [7, 11) is 0. The summed E-state index contributed by atoms with van der Waals surface area (Å²) in [6, 6.07) is 17.7. The van der Waals surface area contributed by atoms with Crippen LogP contribution in [0.5, 0.6) is 0 Å². The fraction of sp³-hybridized carbons (Fsp3) is 0.182. The van der Waals surface area contributed by atoms with Gasteiger partial charge < -0.3 is 4.74 Å². The number of imide groups is 1. The number of nitrogens with zero attached hydrogens (tertiary/aromatic N) is 1. The largest absolute Gasteiger partial charge is 0.463 e. The Kier molecular flexibility index (Phi) is 8.31. The first kappa shape index (κ1) is 21.6. The van der Waals surface area contributed by atoms with E-state index in [0.717, 1.165) is 17.7 Å². The van der Waals surface area contributed by atoms with E-state index in [0.29, 0.717) is 10.6 Å². The number of hydrogen-bond donors (Lipinski definition) is 1. The van der Waals surface area contributed by atoms with Crippen LogP contribution in [0, 0.1) is 0 Å². The molecule has 0 aliphatic heterocycles. The molecule has 0 aliphatic carbocycles. The summed E-state index contributed by atoms with van der Waals surface area (Å²) in [6.45, 7) is 1.79. The molecule has 2 aromatic carbocycles. The molecule has 150 valence electrons. The average Bonchev–Trinajstić information content (AvgIpc) is 2.72. The van der Waals surface area contributed by atoms with Crippen LogP contribution in [0.25, 0.3) is 0 Å². The first-order valence-electron chi connectivity index (χ1n) is 9.08.